The molecule has 0 bridgehead atoms. The van der Waals surface area contributed by atoms with Crippen LogP contribution in [0.25, 0.3) is 0 Å². The van der Waals surface area contributed by atoms with E-state index >= 15 is 0 Å². The zero-order valence-electron chi connectivity index (χ0n) is 13.3. The Morgan fingerprint density at radius 2 is 1.90 bits per heavy atom. The predicted octanol–water partition coefficient (Wildman–Crippen LogP) is 1.69. The summed E-state index contributed by atoms with van der Waals surface area (Å²) in [5.74, 6) is 1.06. The van der Waals surface area contributed by atoms with E-state index in [4.69, 9.17) is 5.73 Å². The first-order valence-electron chi connectivity index (χ1n) is 8.27. The van der Waals surface area contributed by atoms with Crippen LogP contribution < -0.4 is 5.73 Å². The van der Waals surface area contributed by atoms with E-state index in [1.807, 2.05) is 11.9 Å². The predicted molar refractivity (Wildman–Crippen MR) is 82.4 cm³/mol. The maximum atomic E-state index is 12.7. The maximum absolute atomic E-state index is 12.7. The van der Waals surface area contributed by atoms with Crippen LogP contribution in [-0.2, 0) is 4.79 Å². The molecule has 20 heavy (non-hydrogen) atoms. The molecule has 3 atom stereocenters. The number of amides is 1. The van der Waals surface area contributed by atoms with E-state index < -0.39 is 0 Å². The Hall–Kier alpha value is -0.610. The summed E-state index contributed by atoms with van der Waals surface area (Å²) in [6.07, 6.45) is 5.22. The van der Waals surface area contributed by atoms with Gasteiger partial charge in [-0.3, -0.25) is 4.79 Å². The highest BCUT2D eigenvalue weighted by molar-refractivity contribution is 5.79. The molecule has 1 aliphatic heterocycles. The summed E-state index contributed by atoms with van der Waals surface area (Å²) in [5.41, 5.74) is 6.14. The quantitative estimate of drug-likeness (QED) is 0.856. The first kappa shape index (κ1) is 15.8. The number of hydrogen-bond acceptors (Lipinski definition) is 3. The van der Waals surface area contributed by atoms with Gasteiger partial charge in [-0.2, -0.15) is 0 Å². The van der Waals surface area contributed by atoms with E-state index in [1.165, 1.54) is 0 Å². The van der Waals surface area contributed by atoms with Crippen LogP contribution in [0, 0.1) is 11.8 Å². The molecule has 0 radical (unpaired) electrons. The molecule has 0 aromatic carbocycles. The summed E-state index contributed by atoms with van der Waals surface area (Å²) < 4.78 is 0. The summed E-state index contributed by atoms with van der Waals surface area (Å²) in [6, 6.07) is 0.633. The SMILES string of the molecule is CCN1CCC(N(C)C(=O)C2CCC(C)C(N)C2)CC1. The Morgan fingerprint density at radius 3 is 2.45 bits per heavy atom. The van der Waals surface area contributed by atoms with Crippen LogP contribution in [-0.4, -0.2) is 54.5 Å². The molecule has 4 nitrogen and oxygen atoms in total. The number of carbonyl (C=O) groups excluding carboxylic acids is 1. The molecule has 1 amide bonds. The van der Waals surface area contributed by atoms with Crippen LogP contribution in [0.2, 0.25) is 0 Å². The molecule has 2 aliphatic rings. The fourth-order valence-corrected chi connectivity index (χ4v) is 3.67. The molecule has 0 spiro atoms. The number of carbonyl (C=O) groups is 1. The van der Waals surface area contributed by atoms with Gasteiger partial charge in [-0.05, 0) is 44.6 Å². The van der Waals surface area contributed by atoms with E-state index in [0.717, 1.165) is 51.7 Å². The molecule has 2 fully saturated rings. The Morgan fingerprint density at radius 1 is 1.25 bits per heavy atom. The van der Waals surface area contributed by atoms with Crippen molar-refractivity contribution in [3.63, 3.8) is 0 Å². The van der Waals surface area contributed by atoms with Crippen molar-refractivity contribution >= 4 is 5.91 Å². The van der Waals surface area contributed by atoms with Gasteiger partial charge in [0.1, 0.15) is 0 Å². The van der Waals surface area contributed by atoms with Gasteiger partial charge in [0.2, 0.25) is 5.91 Å². The summed E-state index contributed by atoms with van der Waals surface area (Å²) in [4.78, 5) is 17.2. The van der Waals surface area contributed by atoms with Gasteiger partial charge in [-0.15, -0.1) is 0 Å². The van der Waals surface area contributed by atoms with Gasteiger partial charge in [0.05, 0.1) is 0 Å². The van der Waals surface area contributed by atoms with E-state index in [-0.39, 0.29) is 12.0 Å². The molecule has 1 aliphatic carbocycles. The van der Waals surface area contributed by atoms with E-state index in [0.29, 0.717) is 17.9 Å². The molecular weight excluding hydrogens is 250 g/mol. The Bertz CT molecular complexity index is 326. The average molecular weight is 281 g/mol. The summed E-state index contributed by atoms with van der Waals surface area (Å²) in [7, 11) is 2.00. The lowest BCUT2D eigenvalue weighted by atomic mass is 9.79. The number of likely N-dealkylation sites (tertiary alicyclic amines) is 1. The molecular formula is C16H31N3O. The highest BCUT2D eigenvalue weighted by atomic mass is 16.2. The smallest absolute Gasteiger partial charge is 0.225 e. The van der Waals surface area contributed by atoms with E-state index in [9.17, 15) is 4.79 Å². The zero-order valence-corrected chi connectivity index (χ0v) is 13.3. The van der Waals surface area contributed by atoms with Crippen LogP contribution in [0.3, 0.4) is 0 Å². The van der Waals surface area contributed by atoms with Gasteiger partial charge < -0.3 is 15.5 Å². The lowest BCUT2D eigenvalue weighted by Gasteiger charge is -2.39. The lowest BCUT2D eigenvalue weighted by molar-refractivity contribution is -0.138. The molecule has 4 heteroatoms. The third-order valence-electron chi connectivity index (χ3n) is 5.51. The minimum Gasteiger partial charge on any atom is -0.342 e. The number of nitrogens with zero attached hydrogens (tertiary/aromatic N) is 2. The fourth-order valence-electron chi connectivity index (χ4n) is 3.67. The van der Waals surface area contributed by atoms with Crippen LogP contribution in [0.1, 0.15) is 46.0 Å². The molecule has 116 valence electrons. The number of nitrogens with two attached hydrogens (primary N) is 1. The summed E-state index contributed by atoms with van der Waals surface area (Å²) >= 11 is 0. The fraction of sp³-hybridized carbons (Fsp3) is 0.938. The van der Waals surface area contributed by atoms with Crippen molar-refractivity contribution in [2.75, 3.05) is 26.7 Å². The van der Waals surface area contributed by atoms with Crippen molar-refractivity contribution in [2.24, 2.45) is 17.6 Å². The number of rotatable bonds is 3. The third kappa shape index (κ3) is 3.53. The molecule has 1 saturated carbocycles. The lowest BCUT2D eigenvalue weighted by Crippen LogP contribution is -2.49. The van der Waals surface area contributed by atoms with Gasteiger partial charge in [-0.25, -0.2) is 0 Å². The van der Waals surface area contributed by atoms with Crippen molar-refractivity contribution in [2.45, 2.75) is 58.0 Å². The highest BCUT2D eigenvalue weighted by Gasteiger charge is 2.33. The van der Waals surface area contributed by atoms with Gasteiger partial charge in [-0.1, -0.05) is 13.8 Å². The van der Waals surface area contributed by atoms with Crippen LogP contribution in [0.15, 0.2) is 0 Å². The second-order valence-electron chi connectivity index (χ2n) is 6.77. The Balaban J connectivity index is 1.86. The summed E-state index contributed by atoms with van der Waals surface area (Å²) in [5, 5.41) is 0. The van der Waals surface area contributed by atoms with E-state index in [2.05, 4.69) is 18.7 Å². The maximum Gasteiger partial charge on any atom is 0.225 e. The standard InChI is InChI=1S/C16H31N3O/c1-4-19-9-7-14(8-10-19)18(3)16(20)13-6-5-12(2)15(17)11-13/h12-15H,4-11,17H2,1-3H3. The van der Waals surface area contributed by atoms with Gasteiger partial charge >= 0.3 is 0 Å². The highest BCUT2D eigenvalue weighted by Crippen LogP contribution is 2.30. The number of piperidine rings is 1. The van der Waals surface area contributed by atoms with Gasteiger partial charge in [0, 0.05) is 38.1 Å². The van der Waals surface area contributed by atoms with Gasteiger partial charge in [0.25, 0.3) is 0 Å². The number of hydrogen-bond donors (Lipinski definition) is 1. The minimum absolute atomic E-state index is 0.162. The normalized spacial score (nSPS) is 33.1. The van der Waals surface area contributed by atoms with Gasteiger partial charge in [0.15, 0.2) is 0 Å². The average Bonchev–Trinajstić information content (AvgIpc) is 2.48. The van der Waals surface area contributed by atoms with Crippen molar-refractivity contribution in [3.8, 4) is 0 Å². The van der Waals surface area contributed by atoms with E-state index in [1.54, 1.807) is 0 Å². The van der Waals surface area contributed by atoms with Crippen LogP contribution >= 0.6 is 0 Å². The zero-order chi connectivity index (χ0) is 14.7. The van der Waals surface area contributed by atoms with Crippen LogP contribution in [0.4, 0.5) is 0 Å². The molecule has 0 aromatic rings. The topological polar surface area (TPSA) is 49.6 Å². The van der Waals surface area contributed by atoms with Crippen molar-refractivity contribution < 1.29 is 4.79 Å². The molecule has 1 heterocycles. The van der Waals surface area contributed by atoms with Crippen molar-refractivity contribution in [1.29, 1.82) is 0 Å². The van der Waals surface area contributed by atoms with Crippen LogP contribution in [0.5, 0.6) is 0 Å². The Kier molecular flexibility index (Phi) is 5.44. The second kappa shape index (κ2) is 6.90. The summed E-state index contributed by atoms with van der Waals surface area (Å²) in [6.45, 7) is 7.79. The monoisotopic (exact) mass is 281 g/mol. The first-order chi connectivity index (χ1) is 9.52. The molecule has 3 unspecified atom stereocenters. The second-order valence-corrected chi connectivity index (χ2v) is 6.77. The first-order valence-corrected chi connectivity index (χ1v) is 8.27. The minimum atomic E-state index is 0.162. The van der Waals surface area contributed by atoms with Crippen molar-refractivity contribution in [3.05, 3.63) is 0 Å². The Labute approximate surface area is 123 Å². The molecule has 2 rings (SSSR count). The largest absolute Gasteiger partial charge is 0.342 e. The molecule has 0 aromatic heterocycles. The third-order valence-corrected chi connectivity index (χ3v) is 5.51. The van der Waals surface area contributed by atoms with Crippen molar-refractivity contribution in [1.82, 2.24) is 9.80 Å². The molecule has 2 N–H and O–H groups in total. The molecule has 1 saturated heterocycles.